The van der Waals surface area contributed by atoms with Crippen LogP contribution in [-0.2, 0) is 6.18 Å². The van der Waals surface area contributed by atoms with E-state index in [1.54, 1.807) is 4.90 Å². The Bertz CT molecular complexity index is 894. The van der Waals surface area contributed by atoms with E-state index in [1.807, 2.05) is 0 Å². The summed E-state index contributed by atoms with van der Waals surface area (Å²) in [5.74, 6) is -2.72. The normalized spacial score (nSPS) is 14.9. The minimum Gasteiger partial charge on any atom is -0.476 e. The van der Waals surface area contributed by atoms with Gasteiger partial charge in [0.2, 0.25) is 0 Å². The van der Waals surface area contributed by atoms with Crippen molar-refractivity contribution in [2.75, 3.05) is 31.1 Å². The van der Waals surface area contributed by atoms with Crippen molar-refractivity contribution in [3.05, 3.63) is 53.0 Å². The zero-order valence-corrected chi connectivity index (χ0v) is 14.3. The van der Waals surface area contributed by atoms with Gasteiger partial charge in [0.25, 0.3) is 5.91 Å². The molecule has 0 bridgehead atoms. The highest BCUT2D eigenvalue weighted by atomic mass is 19.4. The molecular weight excluding hydrogens is 384 g/mol. The van der Waals surface area contributed by atoms with Gasteiger partial charge in [-0.15, -0.1) is 10.2 Å². The lowest BCUT2D eigenvalue weighted by atomic mass is 10.0. The highest BCUT2D eigenvalue weighted by Gasteiger charge is 2.37. The number of hydrogen-bond acceptors (Lipinski definition) is 5. The number of aromatic carboxylic acids is 1. The number of amides is 1. The molecule has 3 rings (SSSR count). The number of carboxylic acids is 1. The Hall–Kier alpha value is -3.24. The van der Waals surface area contributed by atoms with Crippen molar-refractivity contribution in [1.29, 1.82) is 0 Å². The molecule has 1 amide bonds. The number of carbonyl (C=O) groups excluding carboxylic acids is 1. The maximum Gasteiger partial charge on any atom is 0.417 e. The molecule has 0 spiro atoms. The topological polar surface area (TPSA) is 86.6 Å². The first-order chi connectivity index (χ1) is 13.2. The van der Waals surface area contributed by atoms with Crippen LogP contribution in [0, 0.1) is 5.82 Å². The Kier molecular flexibility index (Phi) is 5.16. The molecule has 1 aromatic heterocycles. The third-order valence-electron chi connectivity index (χ3n) is 4.28. The first-order valence-corrected chi connectivity index (χ1v) is 8.15. The Labute approximate surface area is 156 Å². The van der Waals surface area contributed by atoms with Gasteiger partial charge in [0.1, 0.15) is 5.82 Å². The summed E-state index contributed by atoms with van der Waals surface area (Å²) in [6, 6.07) is 4.72. The number of piperazine rings is 1. The molecule has 0 unspecified atom stereocenters. The first kappa shape index (κ1) is 19.5. The van der Waals surface area contributed by atoms with Gasteiger partial charge in [0.05, 0.1) is 11.1 Å². The van der Waals surface area contributed by atoms with Gasteiger partial charge in [-0.2, -0.15) is 13.2 Å². The van der Waals surface area contributed by atoms with E-state index in [0.717, 1.165) is 12.1 Å². The Morgan fingerprint density at radius 1 is 1.00 bits per heavy atom. The van der Waals surface area contributed by atoms with Gasteiger partial charge < -0.3 is 14.9 Å². The quantitative estimate of drug-likeness (QED) is 0.799. The zero-order chi connectivity index (χ0) is 20.5. The van der Waals surface area contributed by atoms with Gasteiger partial charge >= 0.3 is 12.1 Å². The lowest BCUT2D eigenvalue weighted by Crippen LogP contribution is -2.49. The summed E-state index contributed by atoms with van der Waals surface area (Å²) < 4.78 is 52.6. The average Bonchev–Trinajstić information content (AvgIpc) is 2.67. The van der Waals surface area contributed by atoms with Crippen molar-refractivity contribution in [3.63, 3.8) is 0 Å². The summed E-state index contributed by atoms with van der Waals surface area (Å²) in [7, 11) is 0. The van der Waals surface area contributed by atoms with Crippen molar-refractivity contribution in [2.24, 2.45) is 0 Å². The van der Waals surface area contributed by atoms with Crippen molar-refractivity contribution < 1.29 is 32.3 Å². The molecule has 7 nitrogen and oxygen atoms in total. The maximum absolute atomic E-state index is 13.2. The summed E-state index contributed by atoms with van der Waals surface area (Å²) in [5.41, 5.74) is -2.13. The monoisotopic (exact) mass is 398 g/mol. The second-order valence-corrected chi connectivity index (χ2v) is 6.05. The Morgan fingerprint density at radius 2 is 1.68 bits per heavy atom. The van der Waals surface area contributed by atoms with Crippen molar-refractivity contribution in [3.8, 4) is 0 Å². The molecule has 148 valence electrons. The van der Waals surface area contributed by atoms with Crippen LogP contribution in [0.5, 0.6) is 0 Å². The van der Waals surface area contributed by atoms with Gasteiger partial charge in [0, 0.05) is 26.2 Å². The van der Waals surface area contributed by atoms with Crippen LogP contribution in [0.15, 0.2) is 30.3 Å². The number of nitrogens with zero attached hydrogens (tertiary/aromatic N) is 4. The van der Waals surface area contributed by atoms with Gasteiger partial charge in [0.15, 0.2) is 11.5 Å². The van der Waals surface area contributed by atoms with Gasteiger partial charge in [-0.05, 0) is 30.3 Å². The molecule has 28 heavy (non-hydrogen) atoms. The average molecular weight is 398 g/mol. The molecule has 1 aliphatic heterocycles. The van der Waals surface area contributed by atoms with Gasteiger partial charge in [-0.25, -0.2) is 9.18 Å². The summed E-state index contributed by atoms with van der Waals surface area (Å²) in [6.45, 7) is 0.788. The second kappa shape index (κ2) is 7.41. The van der Waals surface area contributed by atoms with Crippen molar-refractivity contribution in [1.82, 2.24) is 15.1 Å². The number of aromatic nitrogens is 2. The third kappa shape index (κ3) is 4.02. The molecule has 1 N–H and O–H groups in total. The van der Waals surface area contributed by atoms with E-state index in [0.29, 0.717) is 11.9 Å². The first-order valence-electron chi connectivity index (χ1n) is 8.15. The fourth-order valence-electron chi connectivity index (χ4n) is 2.85. The van der Waals surface area contributed by atoms with Crippen molar-refractivity contribution >= 4 is 17.7 Å². The molecule has 1 aliphatic rings. The number of rotatable bonds is 3. The summed E-state index contributed by atoms with van der Waals surface area (Å²) >= 11 is 0. The standard InChI is InChI=1S/C17H14F4N4O3/c18-10-1-2-11(12(9-10)17(19,20)21)15(26)25-7-5-24(6-8-25)14-4-3-13(16(27)28)22-23-14/h1-4,9H,5-8H2,(H,27,28). The number of carboxylic acid groups (broad SMARTS) is 1. The van der Waals surface area contributed by atoms with E-state index < -0.39 is 35.0 Å². The van der Waals surface area contributed by atoms with Gasteiger partial charge in [-0.1, -0.05) is 0 Å². The van der Waals surface area contributed by atoms with Crippen LogP contribution in [0.25, 0.3) is 0 Å². The molecule has 0 atom stereocenters. The molecule has 0 saturated carbocycles. The summed E-state index contributed by atoms with van der Waals surface area (Å²) in [6.07, 6.45) is -4.85. The molecule has 1 aromatic carbocycles. The largest absolute Gasteiger partial charge is 0.476 e. The number of halogens is 4. The van der Waals surface area contributed by atoms with Crippen LogP contribution in [-0.4, -0.2) is 58.3 Å². The third-order valence-corrected chi connectivity index (χ3v) is 4.28. The minimum atomic E-state index is -4.85. The molecule has 1 fully saturated rings. The fraction of sp³-hybridized carbons (Fsp3) is 0.294. The molecule has 11 heteroatoms. The van der Waals surface area contributed by atoms with E-state index in [2.05, 4.69) is 10.2 Å². The molecule has 0 aliphatic carbocycles. The molecular formula is C17H14F4N4O3. The zero-order valence-electron chi connectivity index (χ0n) is 14.3. The lowest BCUT2D eigenvalue weighted by Gasteiger charge is -2.35. The number of benzene rings is 1. The van der Waals surface area contributed by atoms with E-state index in [4.69, 9.17) is 5.11 Å². The van der Waals surface area contributed by atoms with Crippen molar-refractivity contribution in [2.45, 2.75) is 6.18 Å². The van der Waals surface area contributed by atoms with E-state index in [9.17, 15) is 27.2 Å². The van der Waals surface area contributed by atoms with E-state index >= 15 is 0 Å². The highest BCUT2D eigenvalue weighted by molar-refractivity contribution is 5.96. The highest BCUT2D eigenvalue weighted by Crippen LogP contribution is 2.33. The van der Waals surface area contributed by atoms with Crippen LogP contribution < -0.4 is 4.90 Å². The molecule has 2 aromatic rings. The SMILES string of the molecule is O=C(O)c1ccc(N2CCN(C(=O)c3ccc(F)cc3C(F)(F)F)CC2)nn1. The van der Waals surface area contributed by atoms with E-state index in [1.165, 1.54) is 17.0 Å². The minimum absolute atomic E-state index is 0.121. The van der Waals surface area contributed by atoms with Crippen LogP contribution in [0.1, 0.15) is 26.4 Å². The van der Waals surface area contributed by atoms with E-state index in [-0.39, 0.29) is 31.9 Å². The van der Waals surface area contributed by atoms with Crippen LogP contribution in [0.2, 0.25) is 0 Å². The second-order valence-electron chi connectivity index (χ2n) is 6.05. The smallest absolute Gasteiger partial charge is 0.417 e. The number of alkyl halides is 3. The maximum atomic E-state index is 13.2. The number of anilines is 1. The summed E-state index contributed by atoms with van der Waals surface area (Å²) in [5, 5.41) is 16.2. The molecule has 1 saturated heterocycles. The summed E-state index contributed by atoms with van der Waals surface area (Å²) in [4.78, 5) is 26.3. The Morgan fingerprint density at radius 3 is 2.21 bits per heavy atom. The van der Waals surface area contributed by atoms with Crippen LogP contribution in [0.4, 0.5) is 23.4 Å². The predicted octanol–water partition coefficient (Wildman–Crippen LogP) is 2.30. The van der Waals surface area contributed by atoms with Gasteiger partial charge in [-0.3, -0.25) is 4.79 Å². The lowest BCUT2D eigenvalue weighted by molar-refractivity contribution is -0.138. The Balaban J connectivity index is 1.71. The van der Waals surface area contributed by atoms with Crippen LogP contribution >= 0.6 is 0 Å². The number of hydrogen-bond donors (Lipinski definition) is 1. The predicted molar refractivity (Wildman–Crippen MR) is 88.5 cm³/mol. The molecule has 2 heterocycles. The van der Waals surface area contributed by atoms with Crippen LogP contribution in [0.3, 0.4) is 0 Å². The number of carbonyl (C=O) groups is 2. The fourth-order valence-corrected chi connectivity index (χ4v) is 2.85. The molecule has 0 radical (unpaired) electrons.